The zero-order valence-electron chi connectivity index (χ0n) is 11.8. The van der Waals surface area contributed by atoms with Crippen LogP contribution in [0.25, 0.3) is 0 Å². The Kier molecular flexibility index (Phi) is 5.00. The molecule has 0 saturated carbocycles. The van der Waals surface area contributed by atoms with Crippen LogP contribution in [-0.2, 0) is 24.3 Å². The molecule has 1 amide bonds. The molecule has 0 aliphatic carbocycles. The van der Waals surface area contributed by atoms with E-state index in [2.05, 4.69) is 5.32 Å². The summed E-state index contributed by atoms with van der Waals surface area (Å²) in [6, 6.07) is 0. The number of nitrogens with zero attached hydrogens (tertiary/aromatic N) is 1. The number of carbonyl (C=O) groups is 1. The van der Waals surface area contributed by atoms with E-state index < -0.39 is 10.0 Å². The van der Waals surface area contributed by atoms with Gasteiger partial charge in [0.05, 0.1) is 32.2 Å². The van der Waals surface area contributed by atoms with Gasteiger partial charge in [0.2, 0.25) is 15.9 Å². The lowest BCUT2D eigenvalue weighted by atomic mass is 9.89. The molecule has 0 radical (unpaired) electrons. The molecule has 0 atom stereocenters. The first kappa shape index (κ1) is 15.7. The second kappa shape index (κ2) is 6.38. The molecule has 2 rings (SSSR count). The fourth-order valence-electron chi connectivity index (χ4n) is 2.13. The van der Waals surface area contributed by atoms with E-state index in [1.165, 1.54) is 4.31 Å². The summed E-state index contributed by atoms with van der Waals surface area (Å²) in [5.74, 6) is -0.374. The molecule has 2 fully saturated rings. The molecule has 1 N–H and O–H groups in total. The number of hydrogen-bond donors (Lipinski definition) is 1. The van der Waals surface area contributed by atoms with Gasteiger partial charge in [-0.1, -0.05) is 6.92 Å². The molecule has 2 saturated heterocycles. The normalized spacial score (nSPS) is 23.1. The van der Waals surface area contributed by atoms with Gasteiger partial charge in [-0.2, -0.15) is 4.31 Å². The molecule has 0 bridgehead atoms. The van der Waals surface area contributed by atoms with Crippen molar-refractivity contribution in [2.75, 3.05) is 51.8 Å². The highest BCUT2D eigenvalue weighted by molar-refractivity contribution is 7.89. The number of morpholine rings is 1. The average Bonchev–Trinajstić information content (AvgIpc) is 2.42. The second-order valence-corrected chi connectivity index (χ2v) is 7.75. The summed E-state index contributed by atoms with van der Waals surface area (Å²) in [4.78, 5) is 11.7. The maximum atomic E-state index is 12.0. The molecular formula is C12H22N2O5S. The molecule has 0 aromatic heterocycles. The Morgan fingerprint density at radius 1 is 1.25 bits per heavy atom. The smallest absolute Gasteiger partial charge is 0.221 e. The van der Waals surface area contributed by atoms with Crippen LogP contribution < -0.4 is 5.32 Å². The van der Waals surface area contributed by atoms with E-state index in [1.807, 2.05) is 6.92 Å². The summed E-state index contributed by atoms with van der Waals surface area (Å²) in [7, 11) is -3.36. The number of amides is 1. The Balaban J connectivity index is 1.71. The summed E-state index contributed by atoms with van der Waals surface area (Å²) < 4.78 is 35.7. The molecule has 7 nitrogen and oxygen atoms in total. The highest BCUT2D eigenvalue weighted by atomic mass is 32.2. The van der Waals surface area contributed by atoms with Gasteiger partial charge < -0.3 is 14.8 Å². The zero-order valence-corrected chi connectivity index (χ0v) is 12.6. The van der Waals surface area contributed by atoms with Crippen LogP contribution in [0.2, 0.25) is 0 Å². The van der Waals surface area contributed by atoms with E-state index in [-0.39, 0.29) is 23.5 Å². The van der Waals surface area contributed by atoms with Gasteiger partial charge in [0.25, 0.3) is 0 Å². The lowest BCUT2D eigenvalue weighted by Crippen LogP contribution is -2.49. The minimum Gasteiger partial charge on any atom is -0.380 e. The predicted molar refractivity (Wildman–Crippen MR) is 72.7 cm³/mol. The van der Waals surface area contributed by atoms with Crippen LogP contribution in [-0.4, -0.2) is 70.4 Å². The largest absolute Gasteiger partial charge is 0.380 e. The second-order valence-electron chi connectivity index (χ2n) is 5.66. The third-order valence-corrected chi connectivity index (χ3v) is 5.44. The Morgan fingerprint density at radius 3 is 2.45 bits per heavy atom. The molecule has 8 heteroatoms. The first-order valence-electron chi connectivity index (χ1n) is 6.81. The van der Waals surface area contributed by atoms with E-state index in [0.29, 0.717) is 46.1 Å². The van der Waals surface area contributed by atoms with E-state index >= 15 is 0 Å². The molecule has 0 aromatic rings. The summed E-state index contributed by atoms with van der Waals surface area (Å²) in [6.45, 7) is 5.43. The van der Waals surface area contributed by atoms with Crippen molar-refractivity contribution >= 4 is 15.9 Å². The van der Waals surface area contributed by atoms with Crippen LogP contribution in [0.3, 0.4) is 0 Å². The number of ether oxygens (including phenoxy) is 2. The summed E-state index contributed by atoms with van der Waals surface area (Å²) in [5.41, 5.74) is -0.00125. The van der Waals surface area contributed by atoms with Crippen molar-refractivity contribution in [2.45, 2.75) is 13.3 Å². The third kappa shape index (κ3) is 4.15. The van der Waals surface area contributed by atoms with Gasteiger partial charge in [0.15, 0.2) is 0 Å². The van der Waals surface area contributed by atoms with Crippen molar-refractivity contribution < 1.29 is 22.7 Å². The topological polar surface area (TPSA) is 84.9 Å². The van der Waals surface area contributed by atoms with Gasteiger partial charge >= 0.3 is 0 Å². The molecular weight excluding hydrogens is 284 g/mol. The molecule has 2 heterocycles. The van der Waals surface area contributed by atoms with Gasteiger partial charge in [-0.3, -0.25) is 4.79 Å². The molecule has 116 valence electrons. The standard InChI is InChI=1S/C12H22N2O5S/c1-12(9-19-10-12)8-13-11(15)2-7-20(16,17)14-3-5-18-6-4-14/h2-10H2,1H3,(H,13,15). The summed E-state index contributed by atoms with van der Waals surface area (Å²) in [6.07, 6.45) is -0.00335. The van der Waals surface area contributed by atoms with Gasteiger partial charge in [0, 0.05) is 31.5 Å². The molecule has 0 aromatic carbocycles. The number of carbonyl (C=O) groups excluding carboxylic acids is 1. The van der Waals surface area contributed by atoms with Crippen molar-refractivity contribution in [3.05, 3.63) is 0 Å². The van der Waals surface area contributed by atoms with Crippen molar-refractivity contribution in [1.29, 1.82) is 0 Å². The third-order valence-electron chi connectivity index (χ3n) is 3.56. The maximum Gasteiger partial charge on any atom is 0.221 e. The number of nitrogens with one attached hydrogen (secondary N) is 1. The molecule has 0 unspecified atom stereocenters. The summed E-state index contributed by atoms with van der Waals surface area (Å²) in [5, 5.41) is 2.77. The van der Waals surface area contributed by atoms with Gasteiger partial charge in [-0.15, -0.1) is 0 Å². The number of rotatable bonds is 6. The SMILES string of the molecule is CC1(CNC(=O)CCS(=O)(=O)N2CCOCC2)COC1. The first-order chi connectivity index (χ1) is 9.41. The lowest BCUT2D eigenvalue weighted by molar-refractivity contribution is -0.126. The lowest BCUT2D eigenvalue weighted by Gasteiger charge is -2.38. The zero-order chi connectivity index (χ0) is 14.6. The van der Waals surface area contributed by atoms with E-state index in [0.717, 1.165) is 0 Å². The van der Waals surface area contributed by atoms with Gasteiger partial charge in [-0.25, -0.2) is 8.42 Å². The Bertz CT molecular complexity index is 441. The fraction of sp³-hybridized carbons (Fsp3) is 0.917. The predicted octanol–water partition coefficient (Wildman–Crippen LogP) is -0.809. The van der Waals surface area contributed by atoms with Crippen LogP contribution in [0.15, 0.2) is 0 Å². The Labute approximate surface area is 119 Å². The van der Waals surface area contributed by atoms with Crippen molar-refractivity contribution in [1.82, 2.24) is 9.62 Å². The summed E-state index contributed by atoms with van der Waals surface area (Å²) >= 11 is 0. The fourth-order valence-corrected chi connectivity index (χ4v) is 3.54. The monoisotopic (exact) mass is 306 g/mol. The Morgan fingerprint density at radius 2 is 1.90 bits per heavy atom. The number of sulfonamides is 1. The minimum absolute atomic E-state index is 0.00125. The van der Waals surface area contributed by atoms with Crippen molar-refractivity contribution in [2.24, 2.45) is 5.41 Å². The Hall–Kier alpha value is -0.700. The quantitative estimate of drug-likeness (QED) is 0.694. The average molecular weight is 306 g/mol. The molecule has 2 aliphatic heterocycles. The van der Waals surface area contributed by atoms with Crippen molar-refractivity contribution in [3.8, 4) is 0 Å². The molecule has 0 spiro atoms. The molecule has 20 heavy (non-hydrogen) atoms. The highest BCUT2D eigenvalue weighted by Crippen LogP contribution is 2.25. The minimum atomic E-state index is -3.36. The van der Waals surface area contributed by atoms with Crippen LogP contribution in [0.4, 0.5) is 0 Å². The molecule has 2 aliphatic rings. The first-order valence-corrected chi connectivity index (χ1v) is 8.42. The van der Waals surface area contributed by atoms with E-state index in [1.54, 1.807) is 0 Å². The highest BCUT2D eigenvalue weighted by Gasteiger charge is 2.33. The van der Waals surface area contributed by atoms with Gasteiger partial charge in [-0.05, 0) is 0 Å². The van der Waals surface area contributed by atoms with Crippen molar-refractivity contribution in [3.63, 3.8) is 0 Å². The van der Waals surface area contributed by atoms with E-state index in [4.69, 9.17) is 9.47 Å². The van der Waals surface area contributed by atoms with E-state index in [9.17, 15) is 13.2 Å². The van der Waals surface area contributed by atoms with Gasteiger partial charge in [0.1, 0.15) is 0 Å². The van der Waals surface area contributed by atoms with Crippen LogP contribution in [0, 0.1) is 5.41 Å². The number of hydrogen-bond acceptors (Lipinski definition) is 5. The van der Waals surface area contributed by atoms with Crippen LogP contribution in [0.1, 0.15) is 13.3 Å². The maximum absolute atomic E-state index is 12.0. The van der Waals surface area contributed by atoms with Crippen LogP contribution in [0.5, 0.6) is 0 Å². The van der Waals surface area contributed by atoms with Crippen LogP contribution >= 0.6 is 0 Å².